The number of halogens is 4. The van der Waals surface area contributed by atoms with Gasteiger partial charge in [-0.2, -0.15) is 13.2 Å². The van der Waals surface area contributed by atoms with Crippen molar-refractivity contribution in [2.24, 2.45) is 0 Å². The largest absolute Gasteiger partial charge is 0.393 e. The minimum atomic E-state index is -4.13. The van der Waals surface area contributed by atoms with E-state index < -0.39 is 12.6 Å². The molecule has 0 aliphatic carbocycles. The van der Waals surface area contributed by atoms with Crippen molar-refractivity contribution in [1.82, 2.24) is 0 Å². The minimum absolute atomic E-state index is 0.282. The maximum atomic E-state index is 12.0. The van der Waals surface area contributed by atoms with Crippen LogP contribution in [0.1, 0.15) is 11.1 Å². The third-order valence-electron chi connectivity index (χ3n) is 1.64. The lowest BCUT2D eigenvalue weighted by atomic mass is 10.1. The lowest BCUT2D eigenvalue weighted by Gasteiger charge is -2.07. The van der Waals surface area contributed by atoms with Crippen molar-refractivity contribution in [1.29, 1.82) is 0 Å². The van der Waals surface area contributed by atoms with Gasteiger partial charge >= 0.3 is 6.18 Å². The Morgan fingerprint density at radius 1 is 1.31 bits per heavy atom. The highest BCUT2D eigenvalue weighted by molar-refractivity contribution is 9.10. The molecular weight excluding hydrogens is 245 g/mol. The van der Waals surface area contributed by atoms with E-state index in [0.29, 0.717) is 4.47 Å². The van der Waals surface area contributed by atoms with Crippen LogP contribution < -0.4 is 0 Å². The molecule has 1 aromatic carbocycles. The zero-order chi connectivity index (χ0) is 10.1. The lowest BCUT2D eigenvalue weighted by Crippen LogP contribution is -2.11. The van der Waals surface area contributed by atoms with Crippen LogP contribution in [0.5, 0.6) is 0 Å². The van der Waals surface area contributed by atoms with E-state index in [-0.39, 0.29) is 5.56 Å². The van der Waals surface area contributed by atoms with Gasteiger partial charge in [-0.05, 0) is 24.1 Å². The van der Waals surface area contributed by atoms with Gasteiger partial charge in [-0.15, -0.1) is 0 Å². The first-order chi connectivity index (χ1) is 5.88. The second-order valence-electron chi connectivity index (χ2n) is 2.88. The van der Waals surface area contributed by atoms with Crippen molar-refractivity contribution in [2.45, 2.75) is 19.5 Å². The van der Waals surface area contributed by atoms with Gasteiger partial charge in [-0.1, -0.05) is 28.1 Å². The molecule has 0 aliphatic rings. The molecule has 0 atom stereocenters. The quantitative estimate of drug-likeness (QED) is 0.712. The van der Waals surface area contributed by atoms with Gasteiger partial charge < -0.3 is 0 Å². The first-order valence-corrected chi connectivity index (χ1v) is 4.49. The Morgan fingerprint density at radius 2 is 1.92 bits per heavy atom. The number of benzene rings is 1. The Morgan fingerprint density at radius 3 is 2.38 bits per heavy atom. The summed E-state index contributed by atoms with van der Waals surface area (Å²) < 4.78 is 36.6. The molecule has 0 nitrogen and oxygen atoms in total. The molecule has 0 N–H and O–H groups in total. The van der Waals surface area contributed by atoms with E-state index in [4.69, 9.17) is 0 Å². The highest BCUT2D eigenvalue weighted by atomic mass is 79.9. The van der Waals surface area contributed by atoms with E-state index >= 15 is 0 Å². The van der Waals surface area contributed by atoms with Crippen LogP contribution in [0.3, 0.4) is 0 Å². The minimum Gasteiger partial charge on any atom is -0.171 e. The van der Waals surface area contributed by atoms with E-state index in [1.807, 2.05) is 6.92 Å². The number of alkyl halides is 3. The summed E-state index contributed by atoms with van der Waals surface area (Å²) in [4.78, 5) is 0. The SMILES string of the molecule is Cc1ccc(CC(F)(F)F)cc1Br. The number of hydrogen-bond donors (Lipinski definition) is 0. The summed E-state index contributed by atoms with van der Waals surface area (Å²) in [5, 5.41) is 0. The monoisotopic (exact) mass is 252 g/mol. The molecule has 0 bridgehead atoms. The zero-order valence-electron chi connectivity index (χ0n) is 6.95. The van der Waals surface area contributed by atoms with Gasteiger partial charge in [0.05, 0.1) is 6.42 Å². The maximum absolute atomic E-state index is 12.0. The van der Waals surface area contributed by atoms with Crippen LogP contribution >= 0.6 is 15.9 Å². The van der Waals surface area contributed by atoms with Crippen molar-refractivity contribution in [3.8, 4) is 0 Å². The Labute approximate surface area is 82.9 Å². The Hall–Kier alpha value is -0.510. The molecule has 0 heterocycles. The molecule has 1 rings (SSSR count). The van der Waals surface area contributed by atoms with E-state index in [1.54, 1.807) is 6.07 Å². The highest BCUT2D eigenvalue weighted by Gasteiger charge is 2.27. The molecule has 72 valence electrons. The molecule has 4 heteroatoms. The van der Waals surface area contributed by atoms with Crippen LogP contribution in [0.15, 0.2) is 22.7 Å². The van der Waals surface area contributed by atoms with Gasteiger partial charge in [0.2, 0.25) is 0 Å². The van der Waals surface area contributed by atoms with Crippen molar-refractivity contribution in [3.63, 3.8) is 0 Å². The third-order valence-corrected chi connectivity index (χ3v) is 2.50. The molecular formula is C9H8BrF3. The summed E-state index contributed by atoms with van der Waals surface area (Å²) in [6.07, 6.45) is -5.00. The normalized spacial score (nSPS) is 11.8. The van der Waals surface area contributed by atoms with Crippen LogP contribution in [-0.2, 0) is 6.42 Å². The molecule has 13 heavy (non-hydrogen) atoms. The van der Waals surface area contributed by atoms with Gasteiger partial charge in [-0.3, -0.25) is 0 Å². The van der Waals surface area contributed by atoms with Crippen LogP contribution in [0.4, 0.5) is 13.2 Å². The standard InChI is InChI=1S/C9H8BrF3/c1-6-2-3-7(4-8(6)10)5-9(11,12)13/h2-4H,5H2,1H3. The maximum Gasteiger partial charge on any atom is 0.393 e. The summed E-state index contributed by atoms with van der Waals surface area (Å²) in [7, 11) is 0. The van der Waals surface area contributed by atoms with Crippen molar-refractivity contribution in [3.05, 3.63) is 33.8 Å². The molecule has 0 radical (unpaired) electrons. The molecule has 0 aliphatic heterocycles. The fraction of sp³-hybridized carbons (Fsp3) is 0.333. The summed E-state index contributed by atoms with van der Waals surface area (Å²) in [6.45, 7) is 1.83. The molecule has 0 aromatic heterocycles. The number of hydrogen-bond acceptors (Lipinski definition) is 0. The summed E-state index contributed by atoms with van der Waals surface area (Å²) in [6, 6.07) is 4.67. The summed E-state index contributed by atoms with van der Waals surface area (Å²) in [5.41, 5.74) is 1.22. The first-order valence-electron chi connectivity index (χ1n) is 3.70. The Bertz CT molecular complexity index is 304. The van der Waals surface area contributed by atoms with Gasteiger partial charge in [0, 0.05) is 4.47 Å². The average molecular weight is 253 g/mol. The van der Waals surface area contributed by atoms with Crippen LogP contribution in [0.2, 0.25) is 0 Å². The fourth-order valence-electron chi connectivity index (χ4n) is 0.978. The van der Waals surface area contributed by atoms with Crippen molar-refractivity contribution >= 4 is 15.9 Å². The topological polar surface area (TPSA) is 0 Å². The van der Waals surface area contributed by atoms with E-state index in [1.165, 1.54) is 12.1 Å². The second kappa shape index (κ2) is 3.70. The average Bonchev–Trinajstić information content (AvgIpc) is 1.94. The third kappa shape index (κ3) is 3.38. The molecule has 0 saturated heterocycles. The zero-order valence-corrected chi connectivity index (χ0v) is 8.54. The smallest absolute Gasteiger partial charge is 0.171 e. The predicted octanol–water partition coefficient (Wildman–Crippen LogP) is 3.86. The number of aryl methyl sites for hydroxylation is 1. The van der Waals surface area contributed by atoms with Crippen LogP contribution in [-0.4, -0.2) is 6.18 Å². The molecule has 0 saturated carbocycles. The van der Waals surface area contributed by atoms with Crippen LogP contribution in [0.25, 0.3) is 0 Å². The lowest BCUT2D eigenvalue weighted by molar-refractivity contribution is -0.127. The van der Waals surface area contributed by atoms with Gasteiger partial charge in [-0.25, -0.2) is 0 Å². The molecule has 0 unspecified atom stereocenters. The fourth-order valence-corrected chi connectivity index (χ4v) is 1.40. The molecule has 1 aromatic rings. The first kappa shape index (κ1) is 10.6. The predicted molar refractivity (Wildman–Crippen MR) is 48.6 cm³/mol. The van der Waals surface area contributed by atoms with Crippen LogP contribution in [0, 0.1) is 6.92 Å². The number of rotatable bonds is 1. The van der Waals surface area contributed by atoms with E-state index in [2.05, 4.69) is 15.9 Å². The summed E-state index contributed by atoms with van der Waals surface area (Å²) >= 11 is 3.19. The van der Waals surface area contributed by atoms with E-state index in [0.717, 1.165) is 5.56 Å². The molecule has 0 amide bonds. The summed E-state index contributed by atoms with van der Waals surface area (Å²) in [5.74, 6) is 0. The van der Waals surface area contributed by atoms with Gasteiger partial charge in [0.15, 0.2) is 0 Å². The second-order valence-corrected chi connectivity index (χ2v) is 3.73. The molecule has 0 fully saturated rings. The van der Waals surface area contributed by atoms with Gasteiger partial charge in [0.1, 0.15) is 0 Å². The van der Waals surface area contributed by atoms with Gasteiger partial charge in [0.25, 0.3) is 0 Å². The highest BCUT2D eigenvalue weighted by Crippen LogP contribution is 2.24. The Kier molecular flexibility index (Phi) is 3.01. The van der Waals surface area contributed by atoms with Crippen molar-refractivity contribution < 1.29 is 13.2 Å². The van der Waals surface area contributed by atoms with Crippen molar-refractivity contribution in [2.75, 3.05) is 0 Å². The Balaban J connectivity index is 2.86. The molecule has 0 spiro atoms. The van der Waals surface area contributed by atoms with E-state index in [9.17, 15) is 13.2 Å².